The van der Waals surface area contributed by atoms with E-state index in [9.17, 15) is 9.59 Å². The number of rotatable bonds is 15. The molecule has 0 unspecified atom stereocenters. The zero-order valence-corrected chi connectivity index (χ0v) is 18.8. The van der Waals surface area contributed by atoms with E-state index in [-0.39, 0.29) is 51.3 Å². The molecule has 9 heteroatoms. The summed E-state index contributed by atoms with van der Waals surface area (Å²) in [5, 5.41) is 59.5. The summed E-state index contributed by atoms with van der Waals surface area (Å²) in [4.78, 5) is 20.3. The van der Waals surface area contributed by atoms with Crippen LogP contribution in [-0.4, -0.2) is 80.7 Å². The van der Waals surface area contributed by atoms with Crippen LogP contribution in [0.2, 0.25) is 0 Å². The highest BCUT2D eigenvalue weighted by Crippen LogP contribution is 2.18. The Morgan fingerprint density at radius 1 is 0.600 bits per heavy atom. The van der Waals surface area contributed by atoms with Crippen molar-refractivity contribution in [2.75, 3.05) is 33.0 Å². The number of hydrogen-bond donors (Lipinski definition) is 7. The van der Waals surface area contributed by atoms with Crippen LogP contribution in [0.4, 0.5) is 0 Å². The van der Waals surface area contributed by atoms with Gasteiger partial charge in [-0.15, -0.1) is 0 Å². The smallest absolute Gasteiger partial charge is 0.303 e. The van der Waals surface area contributed by atoms with Crippen molar-refractivity contribution in [3.8, 4) is 0 Å². The fourth-order valence-corrected chi connectivity index (χ4v) is 1.79. The fraction of sp³-hybridized carbons (Fsp3) is 0.905. The summed E-state index contributed by atoms with van der Waals surface area (Å²) >= 11 is 0. The Morgan fingerprint density at radius 3 is 1.03 bits per heavy atom. The third-order valence-corrected chi connectivity index (χ3v) is 4.64. The van der Waals surface area contributed by atoms with E-state index < -0.39 is 17.4 Å². The fourth-order valence-electron chi connectivity index (χ4n) is 1.79. The number of carboxylic acids is 2. The molecule has 0 aromatic carbocycles. The maximum absolute atomic E-state index is 10.1. The molecule has 0 aromatic rings. The molecule has 0 aliphatic heterocycles. The van der Waals surface area contributed by atoms with Gasteiger partial charge < -0.3 is 35.7 Å². The summed E-state index contributed by atoms with van der Waals surface area (Å²) in [5.41, 5.74) is -0.972. The molecule has 0 radical (unpaired) electrons. The molecular weight excluding hydrogens is 396 g/mol. The van der Waals surface area contributed by atoms with Crippen molar-refractivity contribution in [1.82, 2.24) is 0 Å². The first-order valence-electron chi connectivity index (χ1n) is 10.5. The second-order valence-corrected chi connectivity index (χ2v) is 8.22. The minimum atomic E-state index is -0.740. The lowest BCUT2D eigenvalue weighted by atomic mass is 9.88. The van der Waals surface area contributed by atoms with Crippen molar-refractivity contribution >= 4 is 11.9 Å². The average Bonchev–Trinajstić information content (AvgIpc) is 2.72. The molecule has 0 aromatic heterocycles. The first kappa shape index (κ1) is 33.4. The largest absolute Gasteiger partial charge is 0.481 e. The Morgan fingerprint density at radius 2 is 0.900 bits per heavy atom. The van der Waals surface area contributed by atoms with E-state index >= 15 is 0 Å². The van der Waals surface area contributed by atoms with Gasteiger partial charge in [0.15, 0.2) is 0 Å². The van der Waals surface area contributed by atoms with Gasteiger partial charge >= 0.3 is 11.9 Å². The third-order valence-electron chi connectivity index (χ3n) is 4.64. The van der Waals surface area contributed by atoms with Gasteiger partial charge in [0.2, 0.25) is 0 Å². The van der Waals surface area contributed by atoms with Crippen LogP contribution in [0.3, 0.4) is 0 Å². The standard InChI is InChI=1S/C10H18O4.C6H14O3.C5H12O2/c11-9(12)7-5-3-1-2-4-6-8-10(13)14;1-2-6(3-7,4-8)5-9;1-5(2,3-6)4-7/h1-8H2,(H,11,12)(H,13,14);7-9H,2-5H2,1H3;6-7H,3-4H2,1-2H3. The van der Waals surface area contributed by atoms with Gasteiger partial charge in [-0.25, -0.2) is 0 Å². The van der Waals surface area contributed by atoms with Crippen LogP contribution < -0.4 is 0 Å². The molecule has 0 rings (SSSR count). The van der Waals surface area contributed by atoms with Crippen molar-refractivity contribution in [2.24, 2.45) is 10.8 Å². The predicted molar refractivity (Wildman–Crippen MR) is 114 cm³/mol. The molecule has 182 valence electrons. The van der Waals surface area contributed by atoms with Crippen molar-refractivity contribution in [1.29, 1.82) is 0 Å². The Labute approximate surface area is 180 Å². The lowest BCUT2D eigenvalue weighted by Gasteiger charge is -2.24. The highest BCUT2D eigenvalue weighted by molar-refractivity contribution is 5.66. The minimum Gasteiger partial charge on any atom is -0.481 e. The monoisotopic (exact) mass is 440 g/mol. The van der Waals surface area contributed by atoms with Crippen LogP contribution in [0.15, 0.2) is 0 Å². The Bertz CT molecular complexity index is 364. The molecule has 0 aliphatic carbocycles. The van der Waals surface area contributed by atoms with E-state index in [4.69, 9.17) is 35.7 Å². The zero-order chi connectivity index (χ0) is 24.1. The van der Waals surface area contributed by atoms with Gasteiger partial charge in [0.05, 0.1) is 33.0 Å². The second kappa shape index (κ2) is 21.0. The van der Waals surface area contributed by atoms with Gasteiger partial charge in [0, 0.05) is 23.7 Å². The number of aliphatic hydroxyl groups is 5. The molecule has 0 aliphatic rings. The number of unbranched alkanes of at least 4 members (excludes halogenated alkanes) is 5. The number of carbonyl (C=O) groups is 2. The average molecular weight is 441 g/mol. The number of aliphatic hydroxyl groups excluding tert-OH is 5. The second-order valence-electron chi connectivity index (χ2n) is 8.22. The van der Waals surface area contributed by atoms with Crippen molar-refractivity contribution < 1.29 is 45.3 Å². The van der Waals surface area contributed by atoms with E-state index in [0.717, 1.165) is 38.5 Å². The topological polar surface area (TPSA) is 176 Å². The van der Waals surface area contributed by atoms with Gasteiger partial charge in [-0.3, -0.25) is 9.59 Å². The van der Waals surface area contributed by atoms with E-state index in [1.807, 2.05) is 6.92 Å². The highest BCUT2D eigenvalue weighted by atomic mass is 16.4. The number of aliphatic carboxylic acids is 2. The summed E-state index contributed by atoms with van der Waals surface area (Å²) in [5.74, 6) is -1.48. The minimum absolute atomic E-state index is 0.0451. The molecule has 0 fully saturated rings. The molecule has 7 N–H and O–H groups in total. The third kappa shape index (κ3) is 23.0. The normalized spacial score (nSPS) is 11.1. The molecule has 0 bridgehead atoms. The Kier molecular flexibility index (Phi) is 23.4. The maximum Gasteiger partial charge on any atom is 0.303 e. The molecule has 0 heterocycles. The van der Waals surface area contributed by atoms with Crippen LogP contribution >= 0.6 is 0 Å². The van der Waals surface area contributed by atoms with Crippen LogP contribution in [0.1, 0.15) is 78.6 Å². The van der Waals surface area contributed by atoms with E-state index in [0.29, 0.717) is 6.42 Å². The van der Waals surface area contributed by atoms with Crippen LogP contribution in [0, 0.1) is 10.8 Å². The molecule has 0 saturated heterocycles. The summed E-state index contributed by atoms with van der Waals surface area (Å²) in [6.07, 6.45) is 6.42. The predicted octanol–water partition coefficient (Wildman–Crippen LogP) is 1.63. The van der Waals surface area contributed by atoms with Crippen LogP contribution in [0.5, 0.6) is 0 Å². The quantitative estimate of drug-likeness (QED) is 0.187. The molecular formula is C21H44O9. The Hall–Kier alpha value is -1.26. The molecule has 9 nitrogen and oxygen atoms in total. The molecule has 0 spiro atoms. The lowest BCUT2D eigenvalue weighted by molar-refractivity contribution is -0.138. The molecule has 30 heavy (non-hydrogen) atoms. The molecule has 0 atom stereocenters. The van der Waals surface area contributed by atoms with Gasteiger partial charge in [-0.1, -0.05) is 46.5 Å². The van der Waals surface area contributed by atoms with Crippen LogP contribution in [-0.2, 0) is 9.59 Å². The number of carboxylic acid groups (broad SMARTS) is 2. The zero-order valence-electron chi connectivity index (χ0n) is 18.8. The van der Waals surface area contributed by atoms with Crippen molar-refractivity contribution in [3.05, 3.63) is 0 Å². The summed E-state index contributed by atoms with van der Waals surface area (Å²) in [6.45, 7) is 5.04. The molecule has 0 saturated carbocycles. The maximum atomic E-state index is 10.1. The van der Waals surface area contributed by atoms with Gasteiger partial charge in [-0.05, 0) is 19.3 Å². The van der Waals surface area contributed by atoms with Gasteiger partial charge in [0.25, 0.3) is 0 Å². The van der Waals surface area contributed by atoms with E-state index in [1.54, 1.807) is 13.8 Å². The summed E-state index contributed by atoms with van der Waals surface area (Å²) < 4.78 is 0. The van der Waals surface area contributed by atoms with Crippen molar-refractivity contribution in [2.45, 2.75) is 78.6 Å². The van der Waals surface area contributed by atoms with E-state index in [1.165, 1.54) is 0 Å². The first-order valence-corrected chi connectivity index (χ1v) is 10.5. The van der Waals surface area contributed by atoms with Crippen LogP contribution in [0.25, 0.3) is 0 Å². The lowest BCUT2D eigenvalue weighted by Crippen LogP contribution is -2.32. The first-order chi connectivity index (χ1) is 14.0. The molecule has 0 amide bonds. The van der Waals surface area contributed by atoms with Gasteiger partial charge in [-0.2, -0.15) is 0 Å². The van der Waals surface area contributed by atoms with Crippen molar-refractivity contribution in [3.63, 3.8) is 0 Å². The summed E-state index contributed by atoms with van der Waals surface area (Å²) in [6, 6.07) is 0. The Balaban J connectivity index is -0.000000393. The highest BCUT2D eigenvalue weighted by Gasteiger charge is 2.24. The SMILES string of the molecule is CC(C)(CO)CO.CCC(CO)(CO)CO.O=C(O)CCCCCCCCC(=O)O. The van der Waals surface area contributed by atoms with E-state index in [2.05, 4.69) is 0 Å². The number of hydrogen-bond acceptors (Lipinski definition) is 7. The summed E-state index contributed by atoms with van der Waals surface area (Å²) in [7, 11) is 0. The van der Waals surface area contributed by atoms with Gasteiger partial charge in [0.1, 0.15) is 0 Å².